The van der Waals surface area contributed by atoms with Crippen LogP contribution in [-0.2, 0) is 4.79 Å². The molecule has 60 valence electrons. The summed E-state index contributed by atoms with van der Waals surface area (Å²) >= 11 is 0. The fourth-order valence-electron chi connectivity index (χ4n) is 2.48. The summed E-state index contributed by atoms with van der Waals surface area (Å²) in [6.45, 7) is 2.05. The standard InChI is InChI=1S/C9H12O2/c1-5-6-2-3-7(4-6)8(5)9(10)11/h2-3,5-8H,4H2,1H3,(H,10,11)/t5?,6-,7+,8?/m0/s1. The summed E-state index contributed by atoms with van der Waals surface area (Å²) in [7, 11) is 0. The van der Waals surface area contributed by atoms with E-state index < -0.39 is 5.97 Å². The molecule has 0 aliphatic heterocycles. The molecule has 1 fully saturated rings. The van der Waals surface area contributed by atoms with Crippen molar-refractivity contribution in [2.45, 2.75) is 13.3 Å². The van der Waals surface area contributed by atoms with Crippen molar-refractivity contribution >= 4 is 5.97 Å². The number of carboxylic acid groups (broad SMARTS) is 1. The van der Waals surface area contributed by atoms with Crippen LogP contribution in [0.5, 0.6) is 0 Å². The van der Waals surface area contributed by atoms with Gasteiger partial charge in [0.1, 0.15) is 0 Å². The third-order valence-corrected chi connectivity index (χ3v) is 3.14. The second kappa shape index (κ2) is 2.10. The van der Waals surface area contributed by atoms with Gasteiger partial charge in [-0.1, -0.05) is 19.1 Å². The zero-order chi connectivity index (χ0) is 8.01. The average molecular weight is 152 g/mol. The molecule has 2 rings (SSSR count). The summed E-state index contributed by atoms with van der Waals surface area (Å²) in [4.78, 5) is 10.8. The molecule has 0 saturated heterocycles. The lowest BCUT2D eigenvalue weighted by atomic mass is 9.85. The molecule has 0 amide bonds. The van der Waals surface area contributed by atoms with Crippen LogP contribution in [0.15, 0.2) is 12.2 Å². The Morgan fingerprint density at radius 1 is 1.45 bits per heavy atom. The first-order chi connectivity index (χ1) is 5.20. The maximum Gasteiger partial charge on any atom is 0.307 e. The second-order valence-corrected chi connectivity index (χ2v) is 3.67. The van der Waals surface area contributed by atoms with Gasteiger partial charge in [0.2, 0.25) is 0 Å². The van der Waals surface area contributed by atoms with E-state index in [0.29, 0.717) is 17.8 Å². The molecule has 1 saturated carbocycles. The molecular formula is C9H12O2. The predicted octanol–water partition coefficient (Wildman–Crippen LogP) is 1.53. The molecule has 0 aromatic rings. The molecule has 1 N–H and O–H groups in total. The maximum absolute atomic E-state index is 10.8. The number of aliphatic carboxylic acids is 1. The zero-order valence-electron chi connectivity index (χ0n) is 6.53. The fraction of sp³-hybridized carbons (Fsp3) is 0.667. The summed E-state index contributed by atoms with van der Waals surface area (Å²) in [6, 6.07) is 0. The van der Waals surface area contributed by atoms with E-state index in [0.717, 1.165) is 6.42 Å². The van der Waals surface area contributed by atoms with Gasteiger partial charge in [-0.3, -0.25) is 4.79 Å². The van der Waals surface area contributed by atoms with Crippen molar-refractivity contribution < 1.29 is 9.90 Å². The average Bonchev–Trinajstić information content (AvgIpc) is 2.44. The molecular weight excluding hydrogens is 140 g/mol. The van der Waals surface area contributed by atoms with Crippen LogP contribution < -0.4 is 0 Å². The van der Waals surface area contributed by atoms with Gasteiger partial charge in [-0.05, 0) is 24.2 Å². The lowest BCUT2D eigenvalue weighted by molar-refractivity contribution is -0.144. The first-order valence-corrected chi connectivity index (χ1v) is 4.11. The number of hydrogen-bond acceptors (Lipinski definition) is 1. The largest absolute Gasteiger partial charge is 0.481 e. The van der Waals surface area contributed by atoms with E-state index in [2.05, 4.69) is 12.2 Å². The quantitative estimate of drug-likeness (QED) is 0.578. The summed E-state index contributed by atoms with van der Waals surface area (Å²) in [5, 5.41) is 8.87. The van der Waals surface area contributed by atoms with Crippen molar-refractivity contribution in [3.63, 3.8) is 0 Å². The Morgan fingerprint density at radius 3 is 2.45 bits per heavy atom. The summed E-state index contributed by atoms with van der Waals surface area (Å²) in [6.07, 6.45) is 5.32. The number of carboxylic acids is 1. The van der Waals surface area contributed by atoms with Crippen LogP contribution >= 0.6 is 0 Å². The van der Waals surface area contributed by atoms with Crippen LogP contribution in [0.4, 0.5) is 0 Å². The van der Waals surface area contributed by atoms with Crippen LogP contribution in [0.3, 0.4) is 0 Å². The van der Waals surface area contributed by atoms with Crippen LogP contribution in [0.1, 0.15) is 13.3 Å². The number of allylic oxidation sites excluding steroid dienone is 2. The molecule has 0 spiro atoms. The number of fused-ring (bicyclic) bond motifs is 2. The molecule has 0 aromatic heterocycles. The highest BCUT2D eigenvalue weighted by molar-refractivity contribution is 5.72. The molecule has 0 aromatic carbocycles. The van der Waals surface area contributed by atoms with Gasteiger partial charge in [0.25, 0.3) is 0 Å². The van der Waals surface area contributed by atoms with Crippen molar-refractivity contribution in [3.8, 4) is 0 Å². The molecule has 4 atom stereocenters. The topological polar surface area (TPSA) is 37.3 Å². The lowest BCUT2D eigenvalue weighted by Crippen LogP contribution is -2.25. The van der Waals surface area contributed by atoms with Crippen molar-refractivity contribution in [2.75, 3.05) is 0 Å². The number of rotatable bonds is 1. The maximum atomic E-state index is 10.8. The Labute approximate surface area is 65.9 Å². The van der Waals surface area contributed by atoms with E-state index in [1.54, 1.807) is 0 Å². The Hall–Kier alpha value is -0.790. The monoisotopic (exact) mass is 152 g/mol. The van der Waals surface area contributed by atoms with E-state index in [4.69, 9.17) is 5.11 Å². The summed E-state index contributed by atoms with van der Waals surface area (Å²) < 4.78 is 0. The predicted molar refractivity (Wildman–Crippen MR) is 41.0 cm³/mol. The van der Waals surface area contributed by atoms with Crippen LogP contribution in [-0.4, -0.2) is 11.1 Å². The molecule has 11 heavy (non-hydrogen) atoms. The van der Waals surface area contributed by atoms with Gasteiger partial charge in [0.15, 0.2) is 0 Å². The third kappa shape index (κ3) is 0.817. The van der Waals surface area contributed by atoms with Gasteiger partial charge in [0.05, 0.1) is 5.92 Å². The molecule has 2 aliphatic rings. The van der Waals surface area contributed by atoms with Gasteiger partial charge in [-0.15, -0.1) is 0 Å². The number of hydrogen-bond donors (Lipinski definition) is 1. The normalized spacial score (nSPS) is 46.6. The van der Waals surface area contributed by atoms with Gasteiger partial charge in [-0.2, -0.15) is 0 Å². The van der Waals surface area contributed by atoms with Crippen molar-refractivity contribution in [1.29, 1.82) is 0 Å². The first kappa shape index (κ1) is 6.89. The van der Waals surface area contributed by atoms with Crippen molar-refractivity contribution in [1.82, 2.24) is 0 Å². The Bertz CT molecular complexity index is 220. The zero-order valence-corrected chi connectivity index (χ0v) is 6.53. The molecule has 2 bridgehead atoms. The highest BCUT2D eigenvalue weighted by Gasteiger charge is 2.45. The summed E-state index contributed by atoms with van der Waals surface area (Å²) in [5.74, 6) is 0.496. The lowest BCUT2D eigenvalue weighted by Gasteiger charge is -2.19. The fourth-order valence-corrected chi connectivity index (χ4v) is 2.48. The van der Waals surface area contributed by atoms with Crippen LogP contribution in [0.2, 0.25) is 0 Å². The minimum atomic E-state index is -0.616. The minimum absolute atomic E-state index is 0.106. The van der Waals surface area contributed by atoms with Gasteiger partial charge in [-0.25, -0.2) is 0 Å². The Balaban J connectivity index is 2.25. The van der Waals surface area contributed by atoms with E-state index in [-0.39, 0.29) is 5.92 Å². The first-order valence-electron chi connectivity index (χ1n) is 4.11. The van der Waals surface area contributed by atoms with Crippen molar-refractivity contribution in [3.05, 3.63) is 12.2 Å². The molecule has 2 unspecified atom stereocenters. The third-order valence-electron chi connectivity index (χ3n) is 3.14. The molecule has 2 aliphatic carbocycles. The minimum Gasteiger partial charge on any atom is -0.481 e. The molecule has 2 nitrogen and oxygen atoms in total. The Kier molecular flexibility index (Phi) is 1.31. The van der Waals surface area contributed by atoms with Gasteiger partial charge < -0.3 is 5.11 Å². The smallest absolute Gasteiger partial charge is 0.307 e. The van der Waals surface area contributed by atoms with Crippen molar-refractivity contribution in [2.24, 2.45) is 23.7 Å². The van der Waals surface area contributed by atoms with E-state index in [9.17, 15) is 4.79 Å². The van der Waals surface area contributed by atoms with Crippen LogP contribution in [0, 0.1) is 23.7 Å². The molecule has 0 radical (unpaired) electrons. The van der Waals surface area contributed by atoms with Gasteiger partial charge >= 0.3 is 5.97 Å². The Morgan fingerprint density at radius 2 is 2.09 bits per heavy atom. The van der Waals surface area contributed by atoms with E-state index in [1.165, 1.54) is 0 Å². The van der Waals surface area contributed by atoms with E-state index >= 15 is 0 Å². The highest BCUT2D eigenvalue weighted by Crippen LogP contribution is 2.47. The number of carbonyl (C=O) groups is 1. The highest BCUT2D eigenvalue weighted by atomic mass is 16.4. The van der Waals surface area contributed by atoms with E-state index in [1.807, 2.05) is 6.92 Å². The van der Waals surface area contributed by atoms with Gasteiger partial charge in [0, 0.05) is 0 Å². The second-order valence-electron chi connectivity index (χ2n) is 3.67. The molecule has 0 heterocycles. The van der Waals surface area contributed by atoms with Crippen LogP contribution in [0.25, 0.3) is 0 Å². The summed E-state index contributed by atoms with van der Waals surface area (Å²) in [5.41, 5.74) is 0. The SMILES string of the molecule is CC1C(C(=O)O)[C@@H]2C=C[C@H]1C2. The molecule has 2 heteroatoms.